The third-order valence-corrected chi connectivity index (χ3v) is 3.92. The van der Waals surface area contributed by atoms with Gasteiger partial charge in [-0.1, -0.05) is 50.6 Å². The highest BCUT2D eigenvalue weighted by Crippen LogP contribution is 2.29. The van der Waals surface area contributed by atoms with E-state index >= 15 is 0 Å². The van der Waals surface area contributed by atoms with Crippen LogP contribution in [0.4, 0.5) is 0 Å². The second-order valence-corrected chi connectivity index (χ2v) is 6.40. The molecule has 0 aliphatic carbocycles. The number of rotatable bonds is 1. The second-order valence-electron chi connectivity index (χ2n) is 6.00. The van der Waals surface area contributed by atoms with E-state index < -0.39 is 0 Å². The fraction of sp³-hybridized carbons (Fsp3) is 0.600. The highest BCUT2D eigenvalue weighted by Gasteiger charge is 2.28. The van der Waals surface area contributed by atoms with Crippen LogP contribution in [0.25, 0.3) is 0 Å². The number of hydrogen-bond acceptors (Lipinski definition) is 2. The zero-order chi connectivity index (χ0) is 13.2. The fourth-order valence-electron chi connectivity index (χ4n) is 2.41. The van der Waals surface area contributed by atoms with E-state index in [1.54, 1.807) is 0 Å². The monoisotopic (exact) mass is 267 g/mol. The van der Waals surface area contributed by atoms with Crippen molar-refractivity contribution in [1.29, 1.82) is 0 Å². The van der Waals surface area contributed by atoms with Crippen molar-refractivity contribution in [3.05, 3.63) is 34.9 Å². The Morgan fingerprint density at radius 3 is 2.67 bits per heavy atom. The largest absolute Gasteiger partial charge is 0.372 e. The molecule has 0 amide bonds. The Labute approximate surface area is 115 Å². The highest BCUT2D eigenvalue weighted by atomic mass is 35.5. The summed E-state index contributed by atoms with van der Waals surface area (Å²) in [6, 6.07) is 8.42. The lowest BCUT2D eigenvalue weighted by molar-refractivity contribution is 0.0654. The average Bonchev–Trinajstić information content (AvgIpc) is 2.54. The van der Waals surface area contributed by atoms with Crippen molar-refractivity contribution >= 4 is 11.6 Å². The average molecular weight is 268 g/mol. The van der Waals surface area contributed by atoms with Gasteiger partial charge in [-0.3, -0.25) is 0 Å². The van der Waals surface area contributed by atoms with Crippen molar-refractivity contribution in [2.75, 3.05) is 13.2 Å². The lowest BCUT2D eigenvalue weighted by Gasteiger charge is -2.30. The van der Waals surface area contributed by atoms with E-state index in [4.69, 9.17) is 16.3 Å². The summed E-state index contributed by atoms with van der Waals surface area (Å²) in [6.45, 7) is 8.40. The van der Waals surface area contributed by atoms with Gasteiger partial charge in [0.25, 0.3) is 0 Å². The van der Waals surface area contributed by atoms with E-state index in [9.17, 15) is 0 Å². The SMILES string of the molecule is CC(C)(C)C1CCOC(c2ccccc2Cl)CN1. The van der Waals surface area contributed by atoms with Crippen molar-refractivity contribution in [2.24, 2.45) is 5.41 Å². The first-order chi connectivity index (χ1) is 8.48. The number of ether oxygens (including phenoxy) is 1. The van der Waals surface area contributed by atoms with Crippen LogP contribution >= 0.6 is 11.6 Å². The third-order valence-electron chi connectivity index (χ3n) is 3.57. The molecule has 1 aliphatic heterocycles. The topological polar surface area (TPSA) is 21.3 Å². The first-order valence-corrected chi connectivity index (χ1v) is 6.95. The predicted octanol–water partition coefficient (Wildman–Crippen LogP) is 3.81. The third kappa shape index (κ3) is 3.25. The maximum atomic E-state index is 6.23. The van der Waals surface area contributed by atoms with Gasteiger partial charge in [-0.2, -0.15) is 0 Å². The summed E-state index contributed by atoms with van der Waals surface area (Å²) in [4.78, 5) is 0. The molecule has 2 atom stereocenters. The van der Waals surface area contributed by atoms with E-state index in [0.29, 0.717) is 6.04 Å². The lowest BCUT2D eigenvalue weighted by Crippen LogP contribution is -2.40. The van der Waals surface area contributed by atoms with E-state index in [1.807, 2.05) is 24.3 Å². The molecule has 1 heterocycles. The Kier molecular flexibility index (Phi) is 4.31. The molecule has 0 radical (unpaired) electrons. The van der Waals surface area contributed by atoms with Gasteiger partial charge in [0.15, 0.2) is 0 Å². The van der Waals surface area contributed by atoms with Gasteiger partial charge >= 0.3 is 0 Å². The molecule has 1 aliphatic rings. The summed E-state index contributed by atoms with van der Waals surface area (Å²) in [5.41, 5.74) is 1.35. The van der Waals surface area contributed by atoms with Crippen molar-refractivity contribution in [3.63, 3.8) is 0 Å². The minimum atomic E-state index is 0.0612. The number of nitrogens with one attached hydrogen (secondary N) is 1. The molecule has 2 rings (SSSR count). The summed E-state index contributed by atoms with van der Waals surface area (Å²) in [6.07, 6.45) is 1.11. The molecule has 3 heteroatoms. The number of benzene rings is 1. The van der Waals surface area contributed by atoms with E-state index in [0.717, 1.165) is 30.2 Å². The van der Waals surface area contributed by atoms with Crippen LogP contribution in [0.15, 0.2) is 24.3 Å². The van der Waals surface area contributed by atoms with Gasteiger partial charge < -0.3 is 10.1 Å². The van der Waals surface area contributed by atoms with Crippen LogP contribution in [0.5, 0.6) is 0 Å². The molecule has 0 saturated carbocycles. The Hall–Kier alpha value is -0.570. The van der Waals surface area contributed by atoms with Gasteiger partial charge in [0.1, 0.15) is 0 Å². The summed E-state index contributed by atoms with van der Waals surface area (Å²) >= 11 is 6.23. The molecule has 0 spiro atoms. The maximum absolute atomic E-state index is 6.23. The number of hydrogen-bond donors (Lipinski definition) is 1. The van der Waals surface area contributed by atoms with Crippen molar-refractivity contribution in [3.8, 4) is 0 Å². The minimum absolute atomic E-state index is 0.0612. The zero-order valence-electron chi connectivity index (χ0n) is 11.4. The Morgan fingerprint density at radius 2 is 2.00 bits per heavy atom. The number of halogens is 1. The van der Waals surface area contributed by atoms with Crippen molar-refractivity contribution < 1.29 is 4.74 Å². The Morgan fingerprint density at radius 1 is 1.28 bits per heavy atom. The molecule has 1 aromatic carbocycles. The molecule has 0 aromatic heterocycles. The molecular formula is C15H22ClNO. The first kappa shape index (κ1) is 13.9. The van der Waals surface area contributed by atoms with Crippen LogP contribution in [-0.2, 0) is 4.74 Å². The van der Waals surface area contributed by atoms with Crippen LogP contribution in [0.2, 0.25) is 5.02 Å². The Balaban J connectivity index is 2.08. The van der Waals surface area contributed by atoms with E-state index in [1.165, 1.54) is 0 Å². The van der Waals surface area contributed by atoms with Crippen molar-refractivity contribution in [1.82, 2.24) is 5.32 Å². The molecule has 1 N–H and O–H groups in total. The minimum Gasteiger partial charge on any atom is -0.372 e. The molecule has 2 nitrogen and oxygen atoms in total. The van der Waals surface area contributed by atoms with Gasteiger partial charge in [-0.15, -0.1) is 0 Å². The van der Waals surface area contributed by atoms with Crippen LogP contribution in [0.3, 0.4) is 0 Å². The van der Waals surface area contributed by atoms with Crippen LogP contribution in [0, 0.1) is 5.41 Å². The van der Waals surface area contributed by atoms with Crippen LogP contribution in [0.1, 0.15) is 38.9 Å². The van der Waals surface area contributed by atoms with Gasteiger partial charge in [-0.05, 0) is 17.9 Å². The molecule has 2 unspecified atom stereocenters. The highest BCUT2D eigenvalue weighted by molar-refractivity contribution is 6.31. The van der Waals surface area contributed by atoms with Crippen LogP contribution < -0.4 is 5.32 Å². The molecule has 1 saturated heterocycles. The molecular weight excluding hydrogens is 246 g/mol. The first-order valence-electron chi connectivity index (χ1n) is 6.58. The standard InChI is InChI=1S/C15H22ClNO/c1-15(2,3)14-8-9-18-13(10-17-14)11-6-4-5-7-12(11)16/h4-7,13-14,17H,8-10H2,1-3H3. The predicted molar refractivity (Wildman–Crippen MR) is 76.0 cm³/mol. The molecule has 0 bridgehead atoms. The normalized spacial score (nSPS) is 25.8. The van der Waals surface area contributed by atoms with E-state index in [-0.39, 0.29) is 11.5 Å². The summed E-state index contributed by atoms with van der Waals surface area (Å²) in [5.74, 6) is 0. The maximum Gasteiger partial charge on any atom is 0.0963 e. The summed E-state index contributed by atoms with van der Waals surface area (Å²) < 4.78 is 5.95. The second kappa shape index (κ2) is 5.60. The van der Waals surface area contributed by atoms with E-state index in [2.05, 4.69) is 26.1 Å². The van der Waals surface area contributed by atoms with Gasteiger partial charge in [0.05, 0.1) is 6.10 Å². The smallest absolute Gasteiger partial charge is 0.0963 e. The summed E-state index contributed by atoms with van der Waals surface area (Å²) in [7, 11) is 0. The van der Waals surface area contributed by atoms with Gasteiger partial charge in [0, 0.05) is 29.8 Å². The molecule has 18 heavy (non-hydrogen) atoms. The van der Waals surface area contributed by atoms with Gasteiger partial charge in [-0.25, -0.2) is 0 Å². The lowest BCUT2D eigenvalue weighted by atomic mass is 9.85. The molecule has 1 fully saturated rings. The molecule has 1 aromatic rings. The molecule has 100 valence electrons. The van der Waals surface area contributed by atoms with Crippen LogP contribution in [-0.4, -0.2) is 19.2 Å². The quantitative estimate of drug-likeness (QED) is 0.836. The van der Waals surface area contributed by atoms with Gasteiger partial charge in [0.2, 0.25) is 0 Å². The van der Waals surface area contributed by atoms with Crippen molar-refractivity contribution in [2.45, 2.75) is 39.3 Å². The fourth-order valence-corrected chi connectivity index (χ4v) is 2.67. The zero-order valence-corrected chi connectivity index (χ0v) is 12.1. The summed E-state index contributed by atoms with van der Waals surface area (Å²) in [5, 5.41) is 4.40. The Bertz CT molecular complexity index is 400.